The highest BCUT2D eigenvalue weighted by Crippen LogP contribution is 2.43. The van der Waals surface area contributed by atoms with Crippen molar-refractivity contribution in [3.63, 3.8) is 0 Å². The zero-order valence-corrected chi connectivity index (χ0v) is 32.1. The van der Waals surface area contributed by atoms with Crippen molar-refractivity contribution in [2.24, 2.45) is 10.9 Å². The van der Waals surface area contributed by atoms with Crippen molar-refractivity contribution in [2.45, 2.75) is 103 Å². The van der Waals surface area contributed by atoms with E-state index in [4.69, 9.17) is 14.2 Å². The third-order valence-corrected chi connectivity index (χ3v) is 9.27. The summed E-state index contributed by atoms with van der Waals surface area (Å²) < 4.78 is 15.3. The van der Waals surface area contributed by atoms with Gasteiger partial charge in [-0.2, -0.15) is 0 Å². The van der Waals surface area contributed by atoms with Gasteiger partial charge < -0.3 is 29.3 Å². The third-order valence-electron chi connectivity index (χ3n) is 9.27. The first-order valence-electron chi connectivity index (χ1n) is 18.1. The van der Waals surface area contributed by atoms with Gasteiger partial charge in [0.2, 0.25) is 23.7 Å². The van der Waals surface area contributed by atoms with E-state index in [9.17, 15) is 33.6 Å². The summed E-state index contributed by atoms with van der Waals surface area (Å²) in [4.78, 5) is 98.3. The number of methoxy groups -OCH3 is 1. The minimum Gasteiger partial charge on any atom is -0.469 e. The number of nitrogens with one attached hydrogen (secondary N) is 3. The van der Waals surface area contributed by atoms with Gasteiger partial charge in [-0.05, 0) is 122 Å². The van der Waals surface area contributed by atoms with Crippen molar-refractivity contribution >= 4 is 59.0 Å². The number of ketones is 1. The number of carbonyl (C=O) groups is 7. The Morgan fingerprint density at radius 1 is 0.764 bits per heavy atom. The Hall–Kier alpha value is -5.80. The molecule has 2 bridgehead atoms. The average Bonchev–Trinajstić information content (AvgIpc) is 3.10. The minimum absolute atomic E-state index is 0.0138. The van der Waals surface area contributed by atoms with Gasteiger partial charge in [-0.1, -0.05) is 0 Å². The Bertz CT molecular complexity index is 1820. The highest BCUT2D eigenvalue weighted by Gasteiger charge is 2.55. The van der Waals surface area contributed by atoms with Crippen molar-refractivity contribution in [3.8, 4) is 0 Å². The number of anilines is 1. The summed E-state index contributed by atoms with van der Waals surface area (Å²) >= 11 is 0. The molecule has 0 radical (unpaired) electrons. The zero-order valence-electron chi connectivity index (χ0n) is 32.1. The Morgan fingerprint density at radius 2 is 1.29 bits per heavy atom. The number of aliphatic imine (C=N–C) groups is 1. The van der Waals surface area contributed by atoms with Crippen LogP contribution in [0.5, 0.6) is 0 Å². The monoisotopic (exact) mass is 760 g/mol. The van der Waals surface area contributed by atoms with Gasteiger partial charge in [0, 0.05) is 22.9 Å². The second kappa shape index (κ2) is 16.3. The Morgan fingerprint density at radius 3 is 1.80 bits per heavy atom. The number of carbonyl (C=O) groups excluding carboxylic acids is 7. The fourth-order valence-corrected chi connectivity index (χ4v) is 6.97. The Kier molecular flexibility index (Phi) is 12.0. The van der Waals surface area contributed by atoms with Gasteiger partial charge in [-0.3, -0.25) is 34.6 Å². The molecule has 0 unspecified atom stereocenters. The first-order chi connectivity index (χ1) is 25.8. The number of esters is 1. The van der Waals surface area contributed by atoms with E-state index in [1.165, 1.54) is 60.5 Å². The first-order valence-corrected chi connectivity index (χ1v) is 18.1. The molecule has 4 fully saturated rings. The largest absolute Gasteiger partial charge is 0.469 e. The van der Waals surface area contributed by atoms with E-state index >= 15 is 0 Å². The van der Waals surface area contributed by atoms with Gasteiger partial charge >= 0.3 is 18.2 Å². The second-order valence-corrected chi connectivity index (χ2v) is 15.7. The van der Waals surface area contributed by atoms with E-state index in [-0.39, 0.29) is 41.9 Å². The van der Waals surface area contributed by atoms with Crippen LogP contribution in [0.2, 0.25) is 0 Å². The van der Waals surface area contributed by atoms with Gasteiger partial charge in [0.1, 0.15) is 29.8 Å². The van der Waals surface area contributed by atoms with E-state index in [0.29, 0.717) is 22.5 Å². The normalized spacial score (nSPS) is 20.5. The molecule has 5 amide bonds. The molecule has 294 valence electrons. The number of piperazine rings is 1. The number of nitrogens with zero attached hydrogens (tertiary/aromatic N) is 3. The van der Waals surface area contributed by atoms with Crippen LogP contribution in [-0.2, 0) is 33.4 Å². The maximum atomic E-state index is 13.8. The molecule has 2 atom stereocenters. The molecule has 0 spiro atoms. The summed E-state index contributed by atoms with van der Waals surface area (Å²) in [6.45, 7) is 9.67. The summed E-state index contributed by atoms with van der Waals surface area (Å²) in [5.41, 5.74) is -0.343. The molecule has 6 rings (SSSR count). The number of alkyl carbamates (subject to hydrolysis) is 2. The number of benzene rings is 2. The highest BCUT2D eigenvalue weighted by atomic mass is 16.6. The molecule has 3 N–H and O–H groups in total. The van der Waals surface area contributed by atoms with Crippen molar-refractivity contribution in [1.29, 1.82) is 0 Å². The van der Waals surface area contributed by atoms with Crippen LogP contribution in [0, 0.1) is 5.92 Å². The fourth-order valence-electron chi connectivity index (χ4n) is 6.97. The number of fused-ring (bicyclic) bond motifs is 2. The van der Waals surface area contributed by atoms with Crippen molar-refractivity contribution in [3.05, 3.63) is 59.7 Å². The van der Waals surface area contributed by atoms with E-state index < -0.39 is 53.9 Å². The number of amides is 5. The van der Waals surface area contributed by atoms with Crippen LogP contribution < -0.4 is 16.0 Å². The Balaban J connectivity index is 1.24. The van der Waals surface area contributed by atoms with Gasteiger partial charge in [0.15, 0.2) is 5.78 Å². The van der Waals surface area contributed by atoms with Gasteiger partial charge in [-0.25, -0.2) is 14.6 Å². The molecule has 3 heterocycles. The molecule has 16 heteroatoms. The summed E-state index contributed by atoms with van der Waals surface area (Å²) in [7, 11) is 1.20. The number of piperidine rings is 2. The van der Waals surface area contributed by atoms with Gasteiger partial charge in [0.05, 0.1) is 19.2 Å². The lowest BCUT2D eigenvalue weighted by Crippen LogP contribution is -2.72. The lowest BCUT2D eigenvalue weighted by Gasteiger charge is -2.56. The topological polar surface area (TPSA) is 202 Å². The highest BCUT2D eigenvalue weighted by molar-refractivity contribution is 6.10. The standard InChI is InChI=1S/C39H48N6O10/c1-38(2,3)54-36(51)42-35(43-37(52)55-39(4,5)6)41-26-16-10-24(11-17-26)32(48)23-8-14-25(15-9-23)40-29(46)21-44-28(20-30(47)53-7)33(49)45-27-18-12-22(13-19-27)31(45)34(44)50/h8-11,14-17,22,27-28,31H,12-13,18-21H2,1-7H3,(H,40,46)(H2,41,42,43,51,52)/t22?,27?,28-,31-/m0/s1. The van der Waals surface area contributed by atoms with E-state index in [1.807, 2.05) is 0 Å². The summed E-state index contributed by atoms with van der Waals surface area (Å²) in [5, 5.41) is 7.53. The zero-order chi connectivity index (χ0) is 40.2. The van der Waals surface area contributed by atoms with Crippen LogP contribution in [0.1, 0.15) is 89.6 Å². The quantitative estimate of drug-likeness (QED) is 0.114. The van der Waals surface area contributed by atoms with Gasteiger partial charge in [-0.15, -0.1) is 0 Å². The molecule has 1 saturated carbocycles. The molecule has 4 aliphatic rings. The second-order valence-electron chi connectivity index (χ2n) is 15.7. The summed E-state index contributed by atoms with van der Waals surface area (Å²) in [6.07, 6.45) is 1.23. The number of rotatable bonds is 8. The third kappa shape index (κ3) is 10.2. The van der Waals surface area contributed by atoms with Crippen LogP contribution in [0.3, 0.4) is 0 Å². The van der Waals surface area contributed by atoms with E-state index in [2.05, 4.69) is 20.9 Å². The van der Waals surface area contributed by atoms with Gasteiger partial charge in [0.25, 0.3) is 0 Å². The predicted octanol–water partition coefficient (Wildman–Crippen LogP) is 4.44. The average molecular weight is 761 g/mol. The summed E-state index contributed by atoms with van der Waals surface area (Å²) in [5.74, 6) is -2.47. The molecular formula is C39H48N6O10. The van der Waals surface area contributed by atoms with Crippen LogP contribution in [0.15, 0.2) is 53.5 Å². The number of guanidine groups is 1. The molecule has 55 heavy (non-hydrogen) atoms. The lowest BCUT2D eigenvalue weighted by atomic mass is 9.72. The maximum Gasteiger partial charge on any atom is 0.414 e. The molecule has 2 aromatic carbocycles. The van der Waals surface area contributed by atoms with Crippen LogP contribution >= 0.6 is 0 Å². The molecule has 0 aromatic heterocycles. The Labute approximate surface area is 319 Å². The fraction of sp³-hybridized carbons (Fsp3) is 0.487. The van der Waals surface area contributed by atoms with Crippen LogP contribution in [0.4, 0.5) is 21.0 Å². The number of ether oxygens (including phenoxy) is 3. The smallest absolute Gasteiger partial charge is 0.414 e. The van der Waals surface area contributed by atoms with Crippen LogP contribution in [0.25, 0.3) is 0 Å². The SMILES string of the molecule is COC(=O)C[C@H]1C(=O)N2C3CCC(CC3)[C@H]2C(=O)N1CC(=O)Nc1ccc(C(=O)c2ccc(N=C(NC(=O)OC(C)(C)C)NC(=O)OC(C)(C)C)cc2)cc1. The van der Waals surface area contributed by atoms with E-state index in [0.717, 1.165) is 25.7 Å². The van der Waals surface area contributed by atoms with Crippen LogP contribution in [-0.4, -0.2) is 100 Å². The summed E-state index contributed by atoms with van der Waals surface area (Å²) in [6, 6.07) is 10.4. The van der Waals surface area contributed by atoms with Crippen molar-refractivity contribution < 1.29 is 47.8 Å². The van der Waals surface area contributed by atoms with Crippen molar-refractivity contribution in [2.75, 3.05) is 19.0 Å². The lowest BCUT2D eigenvalue weighted by molar-refractivity contribution is -0.177. The maximum absolute atomic E-state index is 13.8. The predicted molar refractivity (Wildman–Crippen MR) is 199 cm³/mol. The first kappa shape index (κ1) is 40.4. The van der Waals surface area contributed by atoms with Crippen molar-refractivity contribution in [1.82, 2.24) is 20.4 Å². The minimum atomic E-state index is -1.15. The van der Waals surface area contributed by atoms with E-state index in [1.54, 1.807) is 46.4 Å². The molecule has 2 aromatic rings. The number of hydrogen-bond acceptors (Lipinski definition) is 11. The molecule has 3 aliphatic heterocycles. The number of hydrogen-bond donors (Lipinski definition) is 3. The molecule has 16 nitrogen and oxygen atoms in total. The molecule has 3 saturated heterocycles. The molecule has 1 aliphatic carbocycles. The molecular weight excluding hydrogens is 712 g/mol.